The van der Waals surface area contributed by atoms with E-state index in [-0.39, 0.29) is 10.2 Å². The Morgan fingerprint density at radius 3 is 2.56 bits per heavy atom. The lowest BCUT2D eigenvalue weighted by molar-refractivity contribution is -0.139. The van der Waals surface area contributed by atoms with Crippen molar-refractivity contribution in [2.75, 3.05) is 13.7 Å². The summed E-state index contributed by atoms with van der Waals surface area (Å²) in [6.07, 6.45) is 2.07. The monoisotopic (exact) mass is 265 g/mol. The number of methoxy groups -OCH3 is 1. The van der Waals surface area contributed by atoms with E-state index in [1.165, 1.54) is 0 Å². The highest BCUT2D eigenvalue weighted by atomic mass is 35.5. The van der Waals surface area contributed by atoms with Gasteiger partial charge in [0.1, 0.15) is 11.4 Å². The van der Waals surface area contributed by atoms with E-state index in [9.17, 15) is 13.2 Å². The number of ether oxygens (including phenoxy) is 1. The van der Waals surface area contributed by atoms with Crippen LogP contribution >= 0.6 is 11.6 Å². The molecule has 0 fully saturated rings. The maximum atomic E-state index is 11.5. The van der Waals surface area contributed by atoms with Crippen molar-refractivity contribution in [3.05, 3.63) is 17.7 Å². The first-order valence-corrected chi connectivity index (χ1v) is 5.86. The molecule has 1 aromatic rings. The molecule has 0 saturated heterocycles. The highest BCUT2D eigenvalue weighted by molar-refractivity contribution is 7.89. The number of hydrogen-bond acceptors (Lipinski definition) is 6. The summed E-state index contributed by atoms with van der Waals surface area (Å²) in [5.41, 5.74) is 0. The zero-order valence-corrected chi connectivity index (χ0v) is 9.75. The van der Waals surface area contributed by atoms with Gasteiger partial charge in [0.2, 0.25) is 15.3 Å². The third-order valence-corrected chi connectivity index (χ3v) is 3.09. The van der Waals surface area contributed by atoms with E-state index in [0.29, 0.717) is 0 Å². The molecule has 1 aromatic heterocycles. The minimum Gasteiger partial charge on any atom is -0.468 e. The van der Waals surface area contributed by atoms with Gasteiger partial charge in [-0.25, -0.2) is 18.4 Å². The fraction of sp³-hybridized carbons (Fsp3) is 0.286. The molecule has 1 rings (SSSR count). The third kappa shape index (κ3) is 3.40. The van der Waals surface area contributed by atoms with E-state index in [2.05, 4.69) is 14.7 Å². The molecule has 9 heteroatoms. The molecule has 1 N–H and O–H groups in total. The summed E-state index contributed by atoms with van der Waals surface area (Å²) in [6.45, 7) is -0.457. The Kier molecular flexibility index (Phi) is 4.16. The molecule has 0 aromatic carbocycles. The summed E-state index contributed by atoms with van der Waals surface area (Å²) in [7, 11) is -2.66. The van der Waals surface area contributed by atoms with Crippen LogP contribution in [0.25, 0.3) is 0 Å². The fourth-order valence-corrected chi connectivity index (χ4v) is 1.70. The molecule has 0 aliphatic rings. The zero-order chi connectivity index (χ0) is 12.2. The van der Waals surface area contributed by atoms with E-state index >= 15 is 0 Å². The maximum Gasteiger partial charge on any atom is 0.320 e. The van der Waals surface area contributed by atoms with Crippen molar-refractivity contribution in [2.45, 2.75) is 4.90 Å². The second-order valence-corrected chi connectivity index (χ2v) is 4.69. The van der Waals surface area contributed by atoms with Crippen LogP contribution in [0.5, 0.6) is 0 Å². The third-order valence-electron chi connectivity index (χ3n) is 1.54. The van der Waals surface area contributed by atoms with E-state index in [1.54, 1.807) is 0 Å². The fourth-order valence-electron chi connectivity index (χ4n) is 0.749. The molecule has 0 radical (unpaired) electrons. The minimum atomic E-state index is -3.82. The number of nitrogens with zero attached hydrogens (tertiary/aromatic N) is 2. The van der Waals surface area contributed by atoms with Gasteiger partial charge in [-0.2, -0.15) is 4.72 Å². The van der Waals surface area contributed by atoms with Crippen LogP contribution in [-0.4, -0.2) is 38.0 Å². The molecular weight excluding hydrogens is 258 g/mol. The summed E-state index contributed by atoms with van der Waals surface area (Å²) in [5, 5.41) is -0.0630. The molecule has 0 atom stereocenters. The van der Waals surface area contributed by atoms with Gasteiger partial charge >= 0.3 is 5.97 Å². The molecule has 0 unspecified atom stereocenters. The van der Waals surface area contributed by atoms with Crippen molar-refractivity contribution in [1.82, 2.24) is 14.7 Å². The SMILES string of the molecule is COC(=O)CNS(=O)(=O)c1cnc(Cl)nc1. The van der Waals surface area contributed by atoms with Gasteiger partial charge in [-0.1, -0.05) is 0 Å². The van der Waals surface area contributed by atoms with E-state index in [1.807, 2.05) is 4.72 Å². The molecule has 7 nitrogen and oxygen atoms in total. The lowest BCUT2D eigenvalue weighted by atomic mass is 10.7. The Morgan fingerprint density at radius 1 is 1.50 bits per heavy atom. The number of nitrogens with one attached hydrogen (secondary N) is 1. The van der Waals surface area contributed by atoms with Gasteiger partial charge in [-0.3, -0.25) is 4.79 Å². The Morgan fingerprint density at radius 2 is 2.06 bits per heavy atom. The van der Waals surface area contributed by atoms with Crippen LogP contribution in [0.1, 0.15) is 0 Å². The molecule has 0 aliphatic carbocycles. The standard InChI is InChI=1S/C7H8ClN3O4S/c1-15-6(12)4-11-16(13,14)5-2-9-7(8)10-3-5/h2-3,11H,4H2,1H3. The molecule has 0 bridgehead atoms. The van der Waals surface area contributed by atoms with Gasteiger partial charge < -0.3 is 4.74 Å². The zero-order valence-electron chi connectivity index (χ0n) is 8.18. The topological polar surface area (TPSA) is 98.2 Å². The quantitative estimate of drug-likeness (QED) is 0.587. The number of hydrogen-bond donors (Lipinski definition) is 1. The highest BCUT2D eigenvalue weighted by Crippen LogP contribution is 2.06. The molecule has 1 heterocycles. The smallest absolute Gasteiger partial charge is 0.320 e. The van der Waals surface area contributed by atoms with Crippen LogP contribution in [0.2, 0.25) is 5.28 Å². The Hall–Kier alpha value is -1.25. The van der Waals surface area contributed by atoms with Gasteiger partial charge in [-0.05, 0) is 11.6 Å². The number of aromatic nitrogens is 2. The van der Waals surface area contributed by atoms with Crippen molar-refractivity contribution in [3.63, 3.8) is 0 Å². The summed E-state index contributed by atoms with van der Waals surface area (Å²) in [6, 6.07) is 0. The second-order valence-electron chi connectivity index (χ2n) is 2.59. The van der Waals surface area contributed by atoms with E-state index in [0.717, 1.165) is 19.5 Å². The Balaban J connectivity index is 2.78. The van der Waals surface area contributed by atoms with Crippen LogP contribution in [0.4, 0.5) is 0 Å². The van der Waals surface area contributed by atoms with E-state index in [4.69, 9.17) is 11.6 Å². The van der Waals surface area contributed by atoms with Crippen LogP contribution in [0, 0.1) is 0 Å². The number of rotatable bonds is 4. The van der Waals surface area contributed by atoms with Gasteiger partial charge in [-0.15, -0.1) is 0 Å². The first-order chi connectivity index (χ1) is 7.45. The molecular formula is C7H8ClN3O4S. The summed E-state index contributed by atoms with van der Waals surface area (Å²) >= 11 is 5.40. The van der Waals surface area contributed by atoms with E-state index < -0.39 is 22.5 Å². The first-order valence-electron chi connectivity index (χ1n) is 4.00. The Bertz CT molecular complexity index is 473. The minimum absolute atomic E-state index is 0.0630. The van der Waals surface area contributed by atoms with Crippen LogP contribution in [0.15, 0.2) is 17.3 Å². The summed E-state index contributed by atoms with van der Waals surface area (Å²) in [4.78, 5) is 17.6. The molecule has 16 heavy (non-hydrogen) atoms. The largest absolute Gasteiger partial charge is 0.468 e. The second kappa shape index (κ2) is 5.19. The average molecular weight is 266 g/mol. The summed E-state index contributed by atoms with van der Waals surface area (Å²) in [5.74, 6) is -0.696. The van der Waals surface area contributed by atoms with Crippen LogP contribution in [-0.2, 0) is 19.6 Å². The summed E-state index contributed by atoms with van der Waals surface area (Å²) < 4.78 is 29.3. The predicted molar refractivity (Wildman–Crippen MR) is 54.2 cm³/mol. The molecule has 0 amide bonds. The average Bonchev–Trinajstić information content (AvgIpc) is 2.26. The van der Waals surface area contributed by atoms with Crippen molar-refractivity contribution in [3.8, 4) is 0 Å². The van der Waals surface area contributed by atoms with Crippen molar-refractivity contribution >= 4 is 27.6 Å². The molecule has 0 spiro atoms. The van der Waals surface area contributed by atoms with Gasteiger partial charge in [0.25, 0.3) is 0 Å². The normalized spacial score (nSPS) is 11.1. The molecule has 88 valence electrons. The first kappa shape index (κ1) is 12.8. The predicted octanol–water partition coefficient (Wildman–Crippen LogP) is -0.419. The number of carbonyl (C=O) groups is 1. The van der Waals surface area contributed by atoms with Gasteiger partial charge in [0.05, 0.1) is 19.5 Å². The Labute approximate surface area is 96.9 Å². The number of esters is 1. The van der Waals surface area contributed by atoms with Crippen molar-refractivity contribution in [1.29, 1.82) is 0 Å². The molecule has 0 aliphatic heterocycles. The lowest BCUT2D eigenvalue weighted by Crippen LogP contribution is -2.30. The van der Waals surface area contributed by atoms with Crippen molar-refractivity contribution < 1.29 is 17.9 Å². The maximum absolute atomic E-state index is 11.5. The van der Waals surface area contributed by atoms with Crippen molar-refractivity contribution in [2.24, 2.45) is 0 Å². The van der Waals surface area contributed by atoms with Crippen LogP contribution in [0.3, 0.4) is 0 Å². The lowest BCUT2D eigenvalue weighted by Gasteiger charge is -2.04. The number of sulfonamides is 1. The highest BCUT2D eigenvalue weighted by Gasteiger charge is 2.16. The van der Waals surface area contributed by atoms with Crippen LogP contribution < -0.4 is 4.72 Å². The number of halogens is 1. The molecule has 0 saturated carbocycles. The van der Waals surface area contributed by atoms with Gasteiger partial charge in [0, 0.05) is 0 Å². The van der Waals surface area contributed by atoms with Gasteiger partial charge in [0.15, 0.2) is 0 Å². The number of carbonyl (C=O) groups excluding carboxylic acids is 1.